The Labute approximate surface area is 176 Å². The van der Waals surface area contributed by atoms with E-state index in [2.05, 4.69) is 10.3 Å². The zero-order valence-electron chi connectivity index (χ0n) is 16.7. The molecule has 156 valence electrons. The first-order valence-electron chi connectivity index (χ1n) is 10.8. The molecule has 0 spiro atoms. The smallest absolute Gasteiger partial charge is 0.249 e. The van der Waals surface area contributed by atoms with Crippen LogP contribution in [0.3, 0.4) is 0 Å². The Hall–Kier alpha value is -1.89. The first-order chi connectivity index (χ1) is 14.1. The monoisotopic (exact) mass is 415 g/mol. The summed E-state index contributed by atoms with van der Waals surface area (Å²) in [6.07, 6.45) is 10.1. The maximum absolute atomic E-state index is 13.6. The lowest BCUT2D eigenvalue weighted by atomic mass is 10.00. The van der Waals surface area contributed by atoms with Crippen LogP contribution >= 0.6 is 11.8 Å². The molecule has 2 aliphatic carbocycles. The highest BCUT2D eigenvalue weighted by Crippen LogP contribution is 2.36. The number of hydrogen-bond acceptors (Lipinski definition) is 5. The number of nitrogens with one attached hydrogen (secondary N) is 1. The van der Waals surface area contributed by atoms with Gasteiger partial charge in [0, 0.05) is 30.5 Å². The first-order valence-corrected chi connectivity index (χ1v) is 11.8. The predicted molar refractivity (Wildman–Crippen MR) is 112 cm³/mol. The number of pyridine rings is 1. The third-order valence-corrected chi connectivity index (χ3v) is 7.43. The van der Waals surface area contributed by atoms with Gasteiger partial charge in [-0.3, -0.25) is 19.4 Å². The van der Waals surface area contributed by atoms with Crippen LogP contribution in [0.2, 0.25) is 0 Å². The number of hydrogen-bond donors (Lipinski definition) is 1. The fraction of sp³-hybridized carbons (Fsp3) is 0.636. The molecular formula is C22H29N3O3S. The molecule has 0 bridgehead atoms. The molecule has 1 N–H and O–H groups in total. The number of rotatable bonds is 6. The number of thioether (sulfide) groups is 1. The lowest BCUT2D eigenvalue weighted by Gasteiger charge is -2.37. The zero-order valence-corrected chi connectivity index (χ0v) is 17.5. The molecule has 4 rings (SSSR count). The third-order valence-electron chi connectivity index (χ3n) is 6.38. The van der Waals surface area contributed by atoms with Crippen LogP contribution in [0.4, 0.5) is 0 Å². The number of nitrogens with zero attached hydrogens (tertiary/aromatic N) is 2. The topological polar surface area (TPSA) is 79.4 Å². The minimum absolute atomic E-state index is 0.0320. The summed E-state index contributed by atoms with van der Waals surface area (Å²) in [6, 6.07) is 5.01. The van der Waals surface area contributed by atoms with Crippen molar-refractivity contribution in [3.8, 4) is 0 Å². The van der Waals surface area contributed by atoms with Crippen molar-refractivity contribution >= 4 is 28.7 Å². The Morgan fingerprint density at radius 1 is 1.10 bits per heavy atom. The normalized spacial score (nSPS) is 24.0. The molecule has 1 aliphatic heterocycles. The van der Waals surface area contributed by atoms with Crippen molar-refractivity contribution in [2.45, 2.75) is 75.9 Å². The van der Waals surface area contributed by atoms with Gasteiger partial charge in [-0.2, -0.15) is 0 Å². The van der Waals surface area contributed by atoms with Crippen LogP contribution in [0.1, 0.15) is 69.5 Å². The molecule has 2 saturated carbocycles. The highest BCUT2D eigenvalue weighted by molar-refractivity contribution is 8.14. The van der Waals surface area contributed by atoms with E-state index in [-0.39, 0.29) is 41.4 Å². The highest BCUT2D eigenvalue weighted by atomic mass is 32.2. The number of carbonyl (C=O) groups is 3. The van der Waals surface area contributed by atoms with Crippen LogP contribution in [0, 0.1) is 5.92 Å². The Bertz CT molecular complexity index is 745. The van der Waals surface area contributed by atoms with Crippen LogP contribution in [-0.2, 0) is 14.4 Å². The van der Waals surface area contributed by atoms with Crippen molar-refractivity contribution in [3.63, 3.8) is 0 Å². The van der Waals surface area contributed by atoms with Gasteiger partial charge in [-0.05, 0) is 37.8 Å². The molecule has 6 nitrogen and oxygen atoms in total. The zero-order chi connectivity index (χ0) is 20.2. The Kier molecular flexibility index (Phi) is 6.53. The van der Waals surface area contributed by atoms with Crippen LogP contribution < -0.4 is 5.32 Å². The molecule has 0 radical (unpaired) electrons. The lowest BCUT2D eigenvalue weighted by Crippen LogP contribution is -2.51. The van der Waals surface area contributed by atoms with E-state index in [0.717, 1.165) is 51.4 Å². The molecule has 29 heavy (non-hydrogen) atoms. The maximum atomic E-state index is 13.6. The minimum Gasteiger partial charge on any atom is -0.351 e. The summed E-state index contributed by atoms with van der Waals surface area (Å²) in [7, 11) is 0. The van der Waals surface area contributed by atoms with Crippen molar-refractivity contribution < 1.29 is 14.4 Å². The second-order valence-electron chi connectivity index (χ2n) is 8.41. The van der Waals surface area contributed by atoms with E-state index in [9.17, 15) is 14.4 Å². The van der Waals surface area contributed by atoms with Gasteiger partial charge < -0.3 is 10.2 Å². The fourth-order valence-corrected chi connectivity index (χ4v) is 5.84. The molecule has 3 fully saturated rings. The first kappa shape index (κ1) is 20.4. The van der Waals surface area contributed by atoms with Crippen LogP contribution in [0.25, 0.3) is 0 Å². The Balaban J connectivity index is 1.65. The van der Waals surface area contributed by atoms with Crippen molar-refractivity contribution in [2.24, 2.45) is 5.92 Å². The van der Waals surface area contributed by atoms with Gasteiger partial charge in [0.25, 0.3) is 0 Å². The van der Waals surface area contributed by atoms with Crippen molar-refractivity contribution in [2.75, 3.05) is 5.75 Å². The SMILES string of the molecule is O=C1C[C@@H](C(=O)N(C2CCCC2)[C@@H](C(=O)NC2CCCC2)c2ccccn2)CS1. The average Bonchev–Trinajstić information content (AvgIpc) is 3.49. The Morgan fingerprint density at radius 2 is 1.83 bits per heavy atom. The molecule has 1 saturated heterocycles. The van der Waals surface area contributed by atoms with Gasteiger partial charge in [0.05, 0.1) is 11.6 Å². The maximum Gasteiger partial charge on any atom is 0.249 e. The summed E-state index contributed by atoms with van der Waals surface area (Å²) in [5.41, 5.74) is 0.611. The van der Waals surface area contributed by atoms with E-state index in [0.29, 0.717) is 11.4 Å². The van der Waals surface area contributed by atoms with Crippen molar-refractivity contribution in [1.29, 1.82) is 0 Å². The van der Waals surface area contributed by atoms with Gasteiger partial charge in [0.1, 0.15) is 0 Å². The molecule has 2 atom stereocenters. The standard InChI is InChI=1S/C22H29N3O3S/c26-19-13-15(14-29-19)22(28)25(17-9-3-4-10-17)20(18-11-5-6-12-23-18)21(27)24-16-7-1-2-8-16/h5-6,11-12,15-17,20H,1-4,7-10,13-14H2,(H,24,27)/t15-,20-/m1/s1. The van der Waals surface area contributed by atoms with Gasteiger partial charge in [0.2, 0.25) is 11.8 Å². The van der Waals surface area contributed by atoms with Gasteiger partial charge >= 0.3 is 0 Å². The highest BCUT2D eigenvalue weighted by Gasteiger charge is 2.43. The summed E-state index contributed by atoms with van der Waals surface area (Å²) in [6.45, 7) is 0. The van der Waals surface area contributed by atoms with E-state index in [1.807, 2.05) is 18.2 Å². The van der Waals surface area contributed by atoms with Crippen molar-refractivity contribution in [1.82, 2.24) is 15.2 Å². The number of carbonyl (C=O) groups excluding carboxylic acids is 3. The van der Waals surface area contributed by atoms with Gasteiger partial charge in [0.15, 0.2) is 11.2 Å². The molecule has 1 aromatic heterocycles. The summed E-state index contributed by atoms with van der Waals surface area (Å²) >= 11 is 1.23. The summed E-state index contributed by atoms with van der Waals surface area (Å²) in [5, 5.41) is 3.26. The molecule has 2 amide bonds. The van der Waals surface area contributed by atoms with E-state index < -0.39 is 6.04 Å². The Morgan fingerprint density at radius 3 is 2.45 bits per heavy atom. The number of aromatic nitrogens is 1. The predicted octanol–water partition coefficient (Wildman–Crippen LogP) is 3.23. The van der Waals surface area contributed by atoms with Gasteiger partial charge in [-0.25, -0.2) is 0 Å². The fourth-order valence-electron chi connectivity index (χ4n) is 4.87. The van der Waals surface area contributed by atoms with E-state index in [4.69, 9.17) is 0 Å². The quantitative estimate of drug-likeness (QED) is 0.772. The molecule has 7 heteroatoms. The lowest BCUT2D eigenvalue weighted by molar-refractivity contribution is -0.147. The third kappa shape index (κ3) is 4.65. The molecule has 3 aliphatic rings. The average molecular weight is 416 g/mol. The molecule has 1 aromatic rings. The molecular weight excluding hydrogens is 386 g/mol. The molecule has 0 unspecified atom stereocenters. The van der Waals surface area contributed by atoms with Gasteiger partial charge in [-0.1, -0.05) is 43.5 Å². The molecule has 2 heterocycles. The second-order valence-corrected chi connectivity index (χ2v) is 9.49. The van der Waals surface area contributed by atoms with Gasteiger partial charge in [-0.15, -0.1) is 0 Å². The van der Waals surface area contributed by atoms with Crippen molar-refractivity contribution in [3.05, 3.63) is 30.1 Å². The summed E-state index contributed by atoms with van der Waals surface area (Å²) < 4.78 is 0. The van der Waals surface area contributed by atoms with E-state index in [1.165, 1.54) is 11.8 Å². The van der Waals surface area contributed by atoms with Crippen LogP contribution in [0.5, 0.6) is 0 Å². The summed E-state index contributed by atoms with van der Waals surface area (Å²) in [5.74, 6) is -0.0148. The van der Waals surface area contributed by atoms with Crippen LogP contribution in [-0.4, -0.2) is 44.7 Å². The minimum atomic E-state index is -0.729. The number of amides is 2. The largest absolute Gasteiger partial charge is 0.351 e. The summed E-state index contributed by atoms with van der Waals surface area (Å²) in [4.78, 5) is 45.1. The van der Waals surface area contributed by atoms with E-state index in [1.54, 1.807) is 11.1 Å². The van der Waals surface area contributed by atoms with E-state index >= 15 is 0 Å². The second kappa shape index (κ2) is 9.28. The van der Waals surface area contributed by atoms with Crippen LogP contribution in [0.15, 0.2) is 24.4 Å². The molecule has 0 aromatic carbocycles.